The number of ether oxygens (including phenoxy) is 2. The van der Waals surface area contributed by atoms with Gasteiger partial charge in [-0.25, -0.2) is 0 Å². The highest BCUT2D eigenvalue weighted by molar-refractivity contribution is 5.86. The van der Waals surface area contributed by atoms with Crippen molar-refractivity contribution in [3.8, 4) is 11.5 Å². The molecular formula is C18H27N3O5. The largest absolute Gasteiger partial charge is 0.493 e. The topological polar surface area (TPSA) is 100 Å². The monoisotopic (exact) mass is 365 g/mol. The van der Waals surface area contributed by atoms with Crippen molar-refractivity contribution in [2.75, 3.05) is 40.9 Å². The standard InChI is InChI=1S/C18H27N3O5/c1-19-15(22)10-20-12-18(24)8-5-9-21(17(18)23)11-13-6-4-7-14(25-2)16(13)26-3/h4,6-7,20,24H,5,8-12H2,1-3H3,(H,19,22). The fraction of sp³-hybridized carbons (Fsp3) is 0.556. The van der Waals surface area contributed by atoms with Gasteiger partial charge in [-0.05, 0) is 18.9 Å². The van der Waals surface area contributed by atoms with E-state index in [9.17, 15) is 14.7 Å². The van der Waals surface area contributed by atoms with Crippen molar-refractivity contribution in [3.05, 3.63) is 23.8 Å². The molecule has 0 aromatic heterocycles. The van der Waals surface area contributed by atoms with E-state index in [1.165, 1.54) is 7.05 Å². The van der Waals surface area contributed by atoms with Crippen molar-refractivity contribution in [2.45, 2.75) is 25.0 Å². The molecule has 0 spiro atoms. The number of methoxy groups -OCH3 is 2. The lowest BCUT2D eigenvalue weighted by Crippen LogP contribution is -2.58. The molecule has 0 radical (unpaired) electrons. The summed E-state index contributed by atoms with van der Waals surface area (Å²) in [6, 6.07) is 5.49. The van der Waals surface area contributed by atoms with Crippen LogP contribution >= 0.6 is 0 Å². The number of carbonyl (C=O) groups excluding carboxylic acids is 2. The fourth-order valence-electron chi connectivity index (χ4n) is 3.14. The van der Waals surface area contributed by atoms with E-state index in [-0.39, 0.29) is 24.9 Å². The molecule has 1 fully saturated rings. The molecule has 8 nitrogen and oxygen atoms in total. The molecule has 0 aliphatic carbocycles. The Morgan fingerprint density at radius 3 is 2.77 bits per heavy atom. The van der Waals surface area contributed by atoms with Crippen molar-refractivity contribution in [1.82, 2.24) is 15.5 Å². The average Bonchev–Trinajstić information content (AvgIpc) is 2.65. The van der Waals surface area contributed by atoms with Gasteiger partial charge in [-0.3, -0.25) is 9.59 Å². The maximum Gasteiger partial charge on any atom is 0.256 e. The minimum atomic E-state index is -1.52. The van der Waals surface area contributed by atoms with Gasteiger partial charge in [0.25, 0.3) is 5.91 Å². The number of benzene rings is 1. The third kappa shape index (κ3) is 4.44. The number of amides is 2. The molecule has 2 rings (SSSR count). The number of carbonyl (C=O) groups is 2. The third-order valence-corrected chi connectivity index (χ3v) is 4.53. The molecule has 0 saturated carbocycles. The van der Waals surface area contributed by atoms with Gasteiger partial charge in [0, 0.05) is 32.2 Å². The Kier molecular flexibility index (Phi) is 6.82. The van der Waals surface area contributed by atoms with E-state index in [1.807, 2.05) is 12.1 Å². The highest BCUT2D eigenvalue weighted by Gasteiger charge is 2.42. The maximum atomic E-state index is 12.8. The van der Waals surface area contributed by atoms with E-state index in [4.69, 9.17) is 9.47 Å². The molecule has 1 saturated heterocycles. The lowest BCUT2D eigenvalue weighted by Gasteiger charge is -2.38. The summed E-state index contributed by atoms with van der Waals surface area (Å²) in [7, 11) is 4.65. The zero-order valence-electron chi connectivity index (χ0n) is 15.5. The number of likely N-dealkylation sites (tertiary alicyclic amines) is 1. The second-order valence-electron chi connectivity index (χ2n) is 6.29. The first kappa shape index (κ1) is 20.0. The number of rotatable bonds is 8. The second kappa shape index (κ2) is 8.86. The number of likely N-dealkylation sites (N-methyl/N-ethyl adjacent to an activating group) is 1. The molecule has 1 unspecified atom stereocenters. The van der Waals surface area contributed by atoms with Crippen LogP contribution in [0.3, 0.4) is 0 Å². The quantitative estimate of drug-likeness (QED) is 0.595. The summed E-state index contributed by atoms with van der Waals surface area (Å²) >= 11 is 0. The summed E-state index contributed by atoms with van der Waals surface area (Å²) in [5, 5.41) is 16.1. The first-order chi connectivity index (χ1) is 12.4. The Morgan fingerprint density at radius 1 is 1.35 bits per heavy atom. The SMILES string of the molecule is CNC(=O)CNCC1(O)CCCN(Cc2cccc(OC)c2OC)C1=O. The Labute approximate surface area is 153 Å². The van der Waals surface area contributed by atoms with Crippen LogP contribution in [0.2, 0.25) is 0 Å². The van der Waals surface area contributed by atoms with Crippen LogP contribution in [0.1, 0.15) is 18.4 Å². The lowest BCUT2D eigenvalue weighted by molar-refractivity contribution is -0.157. The lowest BCUT2D eigenvalue weighted by atomic mass is 9.91. The van der Waals surface area contributed by atoms with Gasteiger partial charge in [0.15, 0.2) is 17.1 Å². The smallest absolute Gasteiger partial charge is 0.256 e. The Hall–Kier alpha value is -2.32. The van der Waals surface area contributed by atoms with Gasteiger partial charge < -0.3 is 30.1 Å². The van der Waals surface area contributed by atoms with E-state index in [0.29, 0.717) is 37.4 Å². The van der Waals surface area contributed by atoms with Crippen LogP contribution in [0.25, 0.3) is 0 Å². The van der Waals surface area contributed by atoms with Gasteiger partial charge in [-0.15, -0.1) is 0 Å². The highest BCUT2D eigenvalue weighted by Crippen LogP contribution is 2.33. The molecule has 1 atom stereocenters. The Morgan fingerprint density at radius 2 is 2.12 bits per heavy atom. The van der Waals surface area contributed by atoms with E-state index in [0.717, 1.165) is 5.56 Å². The predicted octanol–water partition coefficient (Wildman–Crippen LogP) is -0.107. The van der Waals surface area contributed by atoms with Crippen LogP contribution in [0.15, 0.2) is 18.2 Å². The minimum Gasteiger partial charge on any atom is -0.493 e. The second-order valence-corrected chi connectivity index (χ2v) is 6.29. The molecule has 1 aliphatic rings. The van der Waals surface area contributed by atoms with Crippen LogP contribution in [0.4, 0.5) is 0 Å². The molecule has 144 valence electrons. The van der Waals surface area contributed by atoms with Gasteiger partial charge >= 0.3 is 0 Å². The van der Waals surface area contributed by atoms with Gasteiger partial charge in [0.1, 0.15) is 0 Å². The summed E-state index contributed by atoms with van der Waals surface area (Å²) in [5.74, 6) is 0.625. The Balaban J connectivity index is 2.09. The molecule has 1 heterocycles. The molecule has 1 aromatic carbocycles. The third-order valence-electron chi connectivity index (χ3n) is 4.53. The fourth-order valence-corrected chi connectivity index (χ4v) is 3.14. The first-order valence-corrected chi connectivity index (χ1v) is 8.58. The predicted molar refractivity (Wildman–Crippen MR) is 96.1 cm³/mol. The van der Waals surface area contributed by atoms with Gasteiger partial charge in [0.05, 0.1) is 20.8 Å². The molecule has 1 aromatic rings. The summed E-state index contributed by atoms with van der Waals surface area (Å²) in [6.07, 6.45) is 1.04. The van der Waals surface area contributed by atoms with Crippen LogP contribution in [0, 0.1) is 0 Å². The van der Waals surface area contributed by atoms with Crippen LogP contribution in [0.5, 0.6) is 11.5 Å². The molecule has 3 N–H and O–H groups in total. The van der Waals surface area contributed by atoms with Crippen molar-refractivity contribution < 1.29 is 24.2 Å². The highest BCUT2D eigenvalue weighted by atomic mass is 16.5. The summed E-state index contributed by atoms with van der Waals surface area (Å²) < 4.78 is 10.7. The zero-order chi connectivity index (χ0) is 19.2. The number of hydrogen-bond acceptors (Lipinski definition) is 6. The molecule has 26 heavy (non-hydrogen) atoms. The number of hydrogen-bond donors (Lipinski definition) is 3. The van der Waals surface area contributed by atoms with E-state index < -0.39 is 5.60 Å². The number of aliphatic hydroxyl groups is 1. The normalized spacial score (nSPS) is 20.0. The van der Waals surface area contributed by atoms with Crippen molar-refractivity contribution in [1.29, 1.82) is 0 Å². The zero-order valence-corrected chi connectivity index (χ0v) is 15.5. The van der Waals surface area contributed by atoms with Gasteiger partial charge in [-0.1, -0.05) is 12.1 Å². The van der Waals surface area contributed by atoms with E-state index >= 15 is 0 Å². The van der Waals surface area contributed by atoms with Crippen molar-refractivity contribution in [2.24, 2.45) is 0 Å². The van der Waals surface area contributed by atoms with Gasteiger partial charge in [-0.2, -0.15) is 0 Å². The number of para-hydroxylation sites is 1. The molecular weight excluding hydrogens is 338 g/mol. The maximum absolute atomic E-state index is 12.8. The summed E-state index contributed by atoms with van der Waals surface area (Å²) in [4.78, 5) is 25.7. The summed E-state index contributed by atoms with van der Waals surface area (Å²) in [6.45, 7) is 0.953. The summed E-state index contributed by atoms with van der Waals surface area (Å²) in [5.41, 5.74) is -0.707. The Bertz CT molecular complexity index is 652. The minimum absolute atomic E-state index is 0.0327. The van der Waals surface area contributed by atoms with Crippen molar-refractivity contribution >= 4 is 11.8 Å². The van der Waals surface area contributed by atoms with Crippen LogP contribution in [-0.4, -0.2) is 68.3 Å². The van der Waals surface area contributed by atoms with Gasteiger partial charge in [0.2, 0.25) is 5.91 Å². The average molecular weight is 365 g/mol. The molecule has 2 amide bonds. The van der Waals surface area contributed by atoms with E-state index in [1.54, 1.807) is 25.2 Å². The van der Waals surface area contributed by atoms with Crippen LogP contribution in [-0.2, 0) is 16.1 Å². The number of nitrogens with one attached hydrogen (secondary N) is 2. The van der Waals surface area contributed by atoms with E-state index in [2.05, 4.69) is 10.6 Å². The molecule has 8 heteroatoms. The first-order valence-electron chi connectivity index (χ1n) is 8.58. The molecule has 1 aliphatic heterocycles. The number of piperidine rings is 1. The van der Waals surface area contributed by atoms with Crippen LogP contribution < -0.4 is 20.1 Å². The number of nitrogens with zero attached hydrogens (tertiary/aromatic N) is 1. The van der Waals surface area contributed by atoms with Crippen molar-refractivity contribution in [3.63, 3.8) is 0 Å². The molecule has 0 bridgehead atoms.